The summed E-state index contributed by atoms with van der Waals surface area (Å²) >= 11 is 0. The van der Waals surface area contributed by atoms with Crippen LogP contribution in [0.3, 0.4) is 0 Å². The van der Waals surface area contributed by atoms with Gasteiger partial charge in [0.2, 0.25) is 0 Å². The van der Waals surface area contributed by atoms with Gasteiger partial charge >= 0.3 is 0 Å². The van der Waals surface area contributed by atoms with Crippen LogP contribution in [0.2, 0.25) is 72.5 Å². The molecule has 5 heteroatoms. The molecule has 4 rings (SSSR count). The average molecular weight is 728 g/mol. The fourth-order valence-electron chi connectivity index (χ4n) is 7.26. The van der Waals surface area contributed by atoms with Crippen molar-refractivity contribution in [1.29, 1.82) is 0 Å². The Balaban J connectivity index is 2.12. The molecule has 1 aliphatic rings. The predicted octanol–water partition coefficient (Wildman–Crippen LogP) is 12.5. The number of rotatable bonds is 5. The standard InChI is InChI=1S/C44H73NSi4/c1-41(2,3)46(13,14)30-21-23-32-33(25-26-38(35(32)27-30)48(17,18)43(7,8)9)40-34-24-22-31(47(15,16)42(4,5)6)28-36(34)39(29-37(40)45)49(19,20)44(10,11)12/h21-24,26-29,33H,25,45H2,1-20H3/t33-/m1/s1. The predicted molar refractivity (Wildman–Crippen MR) is 237 cm³/mol. The molecular formula is C44H73NSi4. The number of hydrogen-bond donors (Lipinski definition) is 1. The summed E-state index contributed by atoms with van der Waals surface area (Å²) < 4.78 is 0. The quantitative estimate of drug-likeness (QED) is 0.205. The van der Waals surface area contributed by atoms with E-state index in [1.807, 2.05) is 0 Å². The number of nitrogens with two attached hydrogens (primary N) is 1. The summed E-state index contributed by atoms with van der Waals surface area (Å²) in [4.78, 5) is 0. The van der Waals surface area contributed by atoms with Gasteiger partial charge in [-0.25, -0.2) is 0 Å². The molecule has 0 saturated carbocycles. The van der Waals surface area contributed by atoms with Gasteiger partial charge < -0.3 is 5.73 Å². The van der Waals surface area contributed by atoms with Crippen LogP contribution in [0.1, 0.15) is 112 Å². The number of nitrogen functional groups attached to an aromatic ring is 1. The van der Waals surface area contributed by atoms with Crippen molar-refractivity contribution in [2.24, 2.45) is 0 Å². The monoisotopic (exact) mass is 727 g/mol. The van der Waals surface area contributed by atoms with E-state index in [0.717, 1.165) is 12.1 Å². The fraction of sp³-hybridized carbons (Fsp3) is 0.591. The van der Waals surface area contributed by atoms with Crippen molar-refractivity contribution in [3.8, 4) is 0 Å². The van der Waals surface area contributed by atoms with Crippen molar-refractivity contribution in [3.05, 3.63) is 65.2 Å². The molecule has 49 heavy (non-hydrogen) atoms. The van der Waals surface area contributed by atoms with Gasteiger partial charge in [0.1, 0.15) is 0 Å². The molecule has 1 atom stereocenters. The molecule has 0 heterocycles. The van der Waals surface area contributed by atoms with E-state index >= 15 is 0 Å². The van der Waals surface area contributed by atoms with Crippen molar-refractivity contribution in [1.82, 2.24) is 0 Å². The Labute approximate surface area is 307 Å². The lowest BCUT2D eigenvalue weighted by Gasteiger charge is -2.44. The summed E-state index contributed by atoms with van der Waals surface area (Å²) in [6.07, 6.45) is 3.67. The zero-order valence-electron chi connectivity index (χ0n) is 35.5. The molecule has 2 N–H and O–H groups in total. The first kappa shape index (κ1) is 40.1. The molecule has 0 fully saturated rings. The highest BCUT2D eigenvalue weighted by molar-refractivity contribution is 6.97. The van der Waals surface area contributed by atoms with Gasteiger partial charge in [0, 0.05) is 11.6 Å². The van der Waals surface area contributed by atoms with Gasteiger partial charge in [0.15, 0.2) is 0 Å². The maximum absolute atomic E-state index is 7.38. The van der Waals surface area contributed by atoms with Crippen LogP contribution in [0.4, 0.5) is 5.69 Å². The van der Waals surface area contributed by atoms with Gasteiger partial charge in [0.25, 0.3) is 0 Å². The van der Waals surface area contributed by atoms with Gasteiger partial charge in [-0.1, -0.05) is 194 Å². The number of allylic oxidation sites excluding steroid dienone is 1. The Kier molecular flexibility index (Phi) is 9.99. The van der Waals surface area contributed by atoms with Crippen LogP contribution in [0.5, 0.6) is 0 Å². The third kappa shape index (κ3) is 6.61. The van der Waals surface area contributed by atoms with Gasteiger partial charge in [-0.3, -0.25) is 0 Å². The SMILES string of the molecule is CC(C)(C)[Si](C)(C)C1=CC[C@@H](c2c(N)cc([Si](C)(C)C(C)(C)C)c3cc([Si](C)(C)C(C)(C)C)ccc23)c2ccc([Si](C)(C)C(C)(C)C)cc21. The first-order chi connectivity index (χ1) is 21.8. The Morgan fingerprint density at radius 2 is 0.980 bits per heavy atom. The van der Waals surface area contributed by atoms with E-state index in [9.17, 15) is 0 Å². The van der Waals surface area contributed by atoms with Crippen molar-refractivity contribution in [2.75, 3.05) is 5.73 Å². The van der Waals surface area contributed by atoms with Gasteiger partial charge in [-0.15, -0.1) is 0 Å². The molecule has 3 aromatic carbocycles. The van der Waals surface area contributed by atoms with Crippen LogP contribution < -0.4 is 21.3 Å². The van der Waals surface area contributed by atoms with Crippen LogP contribution in [-0.4, -0.2) is 32.3 Å². The molecule has 0 aromatic heterocycles. The van der Waals surface area contributed by atoms with Gasteiger partial charge in [-0.2, -0.15) is 0 Å². The van der Waals surface area contributed by atoms with Crippen molar-refractivity contribution < 1.29 is 0 Å². The van der Waals surface area contributed by atoms with E-state index in [1.54, 1.807) is 15.6 Å². The second-order valence-electron chi connectivity index (χ2n) is 21.9. The Morgan fingerprint density at radius 1 is 0.531 bits per heavy atom. The Morgan fingerprint density at radius 3 is 1.45 bits per heavy atom. The maximum atomic E-state index is 7.38. The summed E-state index contributed by atoms with van der Waals surface area (Å²) in [5.41, 5.74) is 12.7. The zero-order valence-corrected chi connectivity index (χ0v) is 39.5. The normalized spacial score (nSPS) is 17.3. The second kappa shape index (κ2) is 12.2. The number of fused-ring (bicyclic) bond motifs is 2. The van der Waals surface area contributed by atoms with Crippen LogP contribution in [-0.2, 0) is 0 Å². The summed E-state index contributed by atoms with van der Waals surface area (Å²) in [6, 6.07) is 17.8. The first-order valence-electron chi connectivity index (χ1n) is 19.0. The summed E-state index contributed by atoms with van der Waals surface area (Å²) in [7, 11) is -7.25. The van der Waals surface area contributed by atoms with Gasteiger partial charge in [-0.05, 0) is 65.3 Å². The third-order valence-electron chi connectivity index (χ3n) is 15.1. The largest absolute Gasteiger partial charge is 0.398 e. The molecular weight excluding hydrogens is 655 g/mol. The number of benzene rings is 3. The van der Waals surface area contributed by atoms with Crippen molar-refractivity contribution in [3.63, 3.8) is 0 Å². The number of anilines is 1. The summed E-state index contributed by atoms with van der Waals surface area (Å²) in [5, 5.41) is 10.2. The smallest absolute Gasteiger partial charge is 0.0868 e. The van der Waals surface area contributed by atoms with Crippen LogP contribution in [0, 0.1) is 0 Å². The molecule has 3 aromatic rings. The molecule has 0 radical (unpaired) electrons. The van der Waals surface area contributed by atoms with Gasteiger partial charge in [0.05, 0.1) is 32.3 Å². The molecule has 0 bridgehead atoms. The van der Waals surface area contributed by atoms with Crippen LogP contribution >= 0.6 is 0 Å². The lowest BCUT2D eigenvalue weighted by molar-refractivity contribution is 0.727. The molecule has 0 unspecified atom stereocenters. The zero-order chi connectivity index (χ0) is 37.7. The highest BCUT2D eigenvalue weighted by Gasteiger charge is 2.45. The highest BCUT2D eigenvalue weighted by atomic mass is 28.3. The Hall–Kier alpha value is -1.67. The Bertz CT molecular complexity index is 1780. The van der Waals surface area contributed by atoms with Crippen molar-refractivity contribution >= 4 is 69.5 Å². The minimum absolute atomic E-state index is 0.208. The van der Waals surface area contributed by atoms with E-state index in [1.165, 1.54) is 32.6 Å². The summed E-state index contributed by atoms with van der Waals surface area (Å²) in [5.74, 6) is 0.242. The second-order valence-corrected chi connectivity index (χ2v) is 43.1. The third-order valence-corrected chi connectivity index (χ3v) is 37.2. The molecule has 1 nitrogen and oxygen atoms in total. The fourth-order valence-corrected chi connectivity index (χ4v) is 15.5. The van der Waals surface area contributed by atoms with Crippen LogP contribution in [0.25, 0.3) is 16.0 Å². The topological polar surface area (TPSA) is 26.0 Å². The van der Waals surface area contributed by atoms with E-state index < -0.39 is 32.3 Å². The summed E-state index contributed by atoms with van der Waals surface area (Å²) in [6.45, 7) is 50.0. The maximum Gasteiger partial charge on any atom is 0.0868 e. The molecule has 0 amide bonds. The molecule has 0 aliphatic heterocycles. The van der Waals surface area contributed by atoms with E-state index in [-0.39, 0.29) is 26.1 Å². The lowest BCUT2D eigenvalue weighted by atomic mass is 9.79. The van der Waals surface area contributed by atoms with E-state index in [4.69, 9.17) is 5.73 Å². The minimum atomic E-state index is -1.92. The van der Waals surface area contributed by atoms with E-state index in [2.05, 4.69) is 184 Å². The lowest BCUT2D eigenvalue weighted by Crippen LogP contribution is -2.51. The van der Waals surface area contributed by atoms with Crippen molar-refractivity contribution in [2.45, 2.75) is 168 Å². The molecule has 0 spiro atoms. The van der Waals surface area contributed by atoms with E-state index in [0.29, 0.717) is 0 Å². The number of hydrogen-bond acceptors (Lipinski definition) is 1. The molecule has 1 aliphatic carbocycles. The average Bonchev–Trinajstić information content (AvgIpc) is 2.93. The molecule has 0 saturated heterocycles. The minimum Gasteiger partial charge on any atom is -0.398 e. The first-order valence-corrected chi connectivity index (χ1v) is 31.0. The van der Waals surface area contributed by atoms with Crippen LogP contribution in [0.15, 0.2) is 48.5 Å². The highest BCUT2D eigenvalue weighted by Crippen LogP contribution is 2.51. The molecule has 270 valence electrons.